The van der Waals surface area contributed by atoms with Gasteiger partial charge >= 0.3 is 0 Å². The summed E-state index contributed by atoms with van der Waals surface area (Å²) in [6, 6.07) is 0. The van der Waals surface area contributed by atoms with Crippen LogP contribution in [0.25, 0.3) is 0 Å². The Bertz CT molecular complexity index is 608. The van der Waals surface area contributed by atoms with E-state index in [-0.39, 0.29) is 17.4 Å². The van der Waals surface area contributed by atoms with Crippen molar-refractivity contribution in [2.45, 2.75) is 63.8 Å². The normalized spacial score (nSPS) is 34.9. The van der Waals surface area contributed by atoms with E-state index < -0.39 is 0 Å². The highest BCUT2D eigenvalue weighted by Crippen LogP contribution is 2.55. The first-order valence-corrected chi connectivity index (χ1v) is 9.17. The zero-order valence-corrected chi connectivity index (χ0v) is 14.6. The van der Waals surface area contributed by atoms with Crippen LogP contribution in [0.4, 0.5) is 0 Å². The molecule has 1 aromatic rings. The van der Waals surface area contributed by atoms with Crippen molar-refractivity contribution in [2.75, 3.05) is 0 Å². The van der Waals surface area contributed by atoms with Gasteiger partial charge in [0.2, 0.25) is 0 Å². The Balaban J connectivity index is 1.57. The number of carbonyl (C=O) groups is 1. The molecule has 0 aromatic carbocycles. The summed E-state index contributed by atoms with van der Waals surface area (Å²) >= 11 is 6.20. The maximum absolute atomic E-state index is 12.8. The summed E-state index contributed by atoms with van der Waals surface area (Å²) in [5.41, 5.74) is 0.319. The minimum absolute atomic E-state index is 0.0158. The molecule has 4 saturated carbocycles. The molecule has 124 valence electrons. The maximum Gasteiger partial charge on any atom is 0.272 e. The van der Waals surface area contributed by atoms with Crippen molar-refractivity contribution in [3.05, 3.63) is 22.7 Å². The van der Waals surface area contributed by atoms with Gasteiger partial charge in [-0.2, -0.15) is 0 Å². The van der Waals surface area contributed by atoms with E-state index in [1.165, 1.54) is 19.3 Å². The smallest absolute Gasteiger partial charge is 0.272 e. The molecule has 1 N–H and O–H groups in total. The molecule has 5 rings (SSSR count). The number of rotatable bonds is 3. The molecule has 4 bridgehead atoms. The van der Waals surface area contributed by atoms with Gasteiger partial charge in [-0.25, -0.2) is 9.97 Å². The number of hydrogen-bond acceptors (Lipinski definition) is 3. The molecular formula is C18H24ClN3O. The minimum Gasteiger partial charge on any atom is -0.345 e. The summed E-state index contributed by atoms with van der Waals surface area (Å²) in [6.45, 7) is 4.04. The maximum atomic E-state index is 12.8. The van der Waals surface area contributed by atoms with Crippen LogP contribution in [-0.2, 0) is 0 Å². The third-order valence-corrected chi connectivity index (χ3v) is 6.19. The van der Waals surface area contributed by atoms with Gasteiger partial charge in [-0.3, -0.25) is 4.79 Å². The van der Waals surface area contributed by atoms with E-state index in [0.717, 1.165) is 37.0 Å². The summed E-state index contributed by atoms with van der Waals surface area (Å²) in [7, 11) is 0. The van der Waals surface area contributed by atoms with Crippen molar-refractivity contribution in [1.82, 2.24) is 15.3 Å². The monoisotopic (exact) mass is 333 g/mol. The lowest BCUT2D eigenvalue weighted by atomic mass is 9.53. The molecule has 4 fully saturated rings. The van der Waals surface area contributed by atoms with E-state index in [9.17, 15) is 4.79 Å². The fourth-order valence-corrected chi connectivity index (χ4v) is 5.56. The topological polar surface area (TPSA) is 54.9 Å². The van der Waals surface area contributed by atoms with Crippen molar-refractivity contribution in [1.29, 1.82) is 0 Å². The molecule has 1 aromatic heterocycles. The second kappa shape index (κ2) is 5.44. The molecule has 0 saturated heterocycles. The van der Waals surface area contributed by atoms with Gasteiger partial charge in [0.1, 0.15) is 11.5 Å². The zero-order valence-electron chi connectivity index (χ0n) is 13.8. The number of nitrogens with one attached hydrogen (secondary N) is 1. The lowest BCUT2D eigenvalue weighted by molar-refractivity contribution is -0.0167. The molecule has 23 heavy (non-hydrogen) atoms. The highest BCUT2D eigenvalue weighted by atomic mass is 35.5. The summed E-state index contributed by atoms with van der Waals surface area (Å²) in [5, 5.41) is 3.68. The van der Waals surface area contributed by atoms with Crippen LogP contribution in [0.1, 0.15) is 74.6 Å². The highest BCUT2D eigenvalue weighted by Gasteiger charge is 2.51. The van der Waals surface area contributed by atoms with Gasteiger partial charge in [0.15, 0.2) is 0 Å². The first-order valence-electron chi connectivity index (χ1n) is 8.79. The van der Waals surface area contributed by atoms with Gasteiger partial charge in [-0.05, 0) is 56.3 Å². The highest BCUT2D eigenvalue weighted by molar-refractivity contribution is 6.33. The van der Waals surface area contributed by atoms with Crippen LogP contribution < -0.4 is 5.32 Å². The molecule has 4 aliphatic rings. The Morgan fingerprint density at radius 2 is 1.78 bits per heavy atom. The SMILES string of the molecule is CC(C)c1ncc(Cl)c(C(=O)NC23CC4CC(CC(C4)C2)C3)n1. The van der Waals surface area contributed by atoms with Gasteiger partial charge in [0.05, 0.1) is 11.2 Å². The van der Waals surface area contributed by atoms with Gasteiger partial charge < -0.3 is 5.32 Å². The van der Waals surface area contributed by atoms with Crippen LogP contribution in [0.2, 0.25) is 5.02 Å². The quantitative estimate of drug-likeness (QED) is 0.911. The Morgan fingerprint density at radius 1 is 1.22 bits per heavy atom. The van der Waals surface area contributed by atoms with Crippen molar-refractivity contribution in [2.24, 2.45) is 17.8 Å². The van der Waals surface area contributed by atoms with E-state index >= 15 is 0 Å². The molecule has 0 unspecified atom stereocenters. The largest absolute Gasteiger partial charge is 0.345 e. The first kappa shape index (κ1) is 15.4. The van der Waals surface area contributed by atoms with Crippen LogP contribution in [-0.4, -0.2) is 21.4 Å². The van der Waals surface area contributed by atoms with E-state index in [4.69, 9.17) is 11.6 Å². The van der Waals surface area contributed by atoms with Crippen LogP contribution in [0, 0.1) is 17.8 Å². The van der Waals surface area contributed by atoms with Gasteiger partial charge in [0, 0.05) is 11.5 Å². The summed E-state index contributed by atoms with van der Waals surface area (Å²) in [6.07, 6.45) is 9.03. The molecule has 4 aliphatic carbocycles. The molecular weight excluding hydrogens is 310 g/mol. The van der Waals surface area contributed by atoms with E-state index in [1.54, 1.807) is 6.20 Å². The van der Waals surface area contributed by atoms with Gasteiger partial charge in [0.25, 0.3) is 5.91 Å². The summed E-state index contributed by atoms with van der Waals surface area (Å²) < 4.78 is 0. The fraction of sp³-hybridized carbons (Fsp3) is 0.722. The van der Waals surface area contributed by atoms with Crippen LogP contribution in [0.5, 0.6) is 0 Å². The van der Waals surface area contributed by atoms with Crippen molar-refractivity contribution in [3.8, 4) is 0 Å². The van der Waals surface area contributed by atoms with Crippen molar-refractivity contribution >= 4 is 17.5 Å². The van der Waals surface area contributed by atoms with Crippen molar-refractivity contribution in [3.63, 3.8) is 0 Å². The molecule has 0 spiro atoms. The second-order valence-corrected chi connectivity index (χ2v) is 8.64. The van der Waals surface area contributed by atoms with E-state index in [0.29, 0.717) is 16.5 Å². The standard InChI is InChI=1S/C18H24ClN3O/c1-10(2)16-20-9-14(19)15(21-16)17(23)22-18-6-11-3-12(7-18)5-13(4-11)8-18/h9-13H,3-8H2,1-2H3,(H,22,23). The van der Waals surface area contributed by atoms with Crippen LogP contribution >= 0.6 is 11.6 Å². The summed E-state index contributed by atoms with van der Waals surface area (Å²) in [4.78, 5) is 21.5. The third kappa shape index (κ3) is 2.75. The number of carbonyl (C=O) groups excluding carboxylic acids is 1. The lowest BCUT2D eigenvalue weighted by Crippen LogP contribution is -2.60. The molecule has 1 heterocycles. The molecule has 5 heteroatoms. The number of hydrogen-bond donors (Lipinski definition) is 1. The van der Waals surface area contributed by atoms with Crippen LogP contribution in [0.15, 0.2) is 6.20 Å². The number of halogens is 1. The van der Waals surface area contributed by atoms with Gasteiger partial charge in [-0.1, -0.05) is 25.4 Å². The Morgan fingerprint density at radius 3 is 2.30 bits per heavy atom. The third-order valence-electron chi connectivity index (χ3n) is 5.91. The first-order chi connectivity index (χ1) is 10.9. The Labute approximate surface area is 142 Å². The fourth-order valence-electron chi connectivity index (χ4n) is 5.38. The predicted octanol–water partition coefficient (Wildman–Crippen LogP) is 3.95. The minimum atomic E-state index is -0.124. The zero-order chi connectivity index (χ0) is 16.2. The Kier molecular flexibility index (Phi) is 3.63. The average molecular weight is 334 g/mol. The molecule has 0 atom stereocenters. The van der Waals surface area contributed by atoms with Crippen LogP contribution in [0.3, 0.4) is 0 Å². The predicted molar refractivity (Wildman–Crippen MR) is 89.5 cm³/mol. The molecule has 0 radical (unpaired) electrons. The Hall–Kier alpha value is -1.16. The van der Waals surface area contributed by atoms with E-state index in [1.807, 2.05) is 13.8 Å². The van der Waals surface area contributed by atoms with Crippen molar-refractivity contribution < 1.29 is 4.79 Å². The van der Waals surface area contributed by atoms with Gasteiger partial charge in [-0.15, -0.1) is 0 Å². The number of nitrogens with zero attached hydrogens (tertiary/aromatic N) is 2. The molecule has 1 amide bonds. The molecule has 4 nitrogen and oxygen atoms in total. The molecule has 0 aliphatic heterocycles. The van der Waals surface area contributed by atoms with E-state index in [2.05, 4.69) is 15.3 Å². The second-order valence-electron chi connectivity index (χ2n) is 8.23. The lowest BCUT2D eigenvalue weighted by Gasteiger charge is -2.56. The average Bonchev–Trinajstić information content (AvgIpc) is 2.45. The number of amides is 1. The number of aromatic nitrogens is 2. The summed E-state index contributed by atoms with van der Waals surface area (Å²) in [5.74, 6) is 3.13.